The molecule has 0 radical (unpaired) electrons. The zero-order valence-corrected chi connectivity index (χ0v) is 10.6. The standard InChI is InChI=1S/C10H12BrNO2S/c1-6(10(13)14)5-15-9-3-2-7(12)4-8(9)11/h2-4,6H,5,12H2,1H3,(H,13,14). The summed E-state index contributed by atoms with van der Waals surface area (Å²) in [6, 6.07) is 5.50. The van der Waals surface area contributed by atoms with Gasteiger partial charge in [-0.05, 0) is 34.1 Å². The van der Waals surface area contributed by atoms with Crippen molar-refractivity contribution in [3.8, 4) is 0 Å². The summed E-state index contributed by atoms with van der Waals surface area (Å²) in [5, 5.41) is 8.73. The lowest BCUT2D eigenvalue weighted by Gasteiger charge is -2.07. The highest BCUT2D eigenvalue weighted by Crippen LogP contribution is 2.30. The Morgan fingerprint density at radius 3 is 2.87 bits per heavy atom. The van der Waals surface area contributed by atoms with Gasteiger partial charge in [-0.25, -0.2) is 0 Å². The van der Waals surface area contributed by atoms with Crippen LogP contribution in [0.1, 0.15) is 6.92 Å². The van der Waals surface area contributed by atoms with Gasteiger partial charge >= 0.3 is 5.97 Å². The molecule has 82 valence electrons. The minimum atomic E-state index is -0.769. The van der Waals surface area contributed by atoms with Crippen molar-refractivity contribution in [3.05, 3.63) is 22.7 Å². The van der Waals surface area contributed by atoms with Gasteiger partial charge in [0.1, 0.15) is 0 Å². The molecule has 0 amide bonds. The number of carboxylic acid groups (broad SMARTS) is 1. The van der Waals surface area contributed by atoms with Crippen molar-refractivity contribution in [2.24, 2.45) is 5.92 Å². The third-order valence-corrected chi connectivity index (χ3v) is 4.12. The Kier molecular flexibility index (Phi) is 4.47. The van der Waals surface area contributed by atoms with E-state index in [9.17, 15) is 4.79 Å². The van der Waals surface area contributed by atoms with E-state index in [1.54, 1.807) is 13.0 Å². The Hall–Kier alpha value is -0.680. The molecule has 5 heteroatoms. The summed E-state index contributed by atoms with van der Waals surface area (Å²) >= 11 is 4.89. The van der Waals surface area contributed by atoms with Crippen LogP contribution in [-0.4, -0.2) is 16.8 Å². The first-order valence-corrected chi connectivity index (χ1v) is 6.19. The first-order valence-electron chi connectivity index (χ1n) is 4.41. The topological polar surface area (TPSA) is 63.3 Å². The molecule has 0 heterocycles. The van der Waals surface area contributed by atoms with Crippen molar-refractivity contribution < 1.29 is 9.90 Å². The molecule has 1 rings (SSSR count). The molecule has 1 aromatic rings. The van der Waals surface area contributed by atoms with Crippen LogP contribution in [-0.2, 0) is 4.79 Å². The average Bonchev–Trinajstić information content (AvgIpc) is 2.15. The lowest BCUT2D eigenvalue weighted by molar-refractivity contribution is -0.140. The predicted molar refractivity (Wildman–Crippen MR) is 66.1 cm³/mol. The minimum Gasteiger partial charge on any atom is -0.481 e. The Balaban J connectivity index is 2.62. The summed E-state index contributed by atoms with van der Waals surface area (Å²) in [5.41, 5.74) is 6.29. The summed E-state index contributed by atoms with van der Waals surface area (Å²) in [5.74, 6) is -0.564. The number of nitrogen functional groups attached to an aromatic ring is 1. The molecule has 3 nitrogen and oxygen atoms in total. The molecule has 0 saturated carbocycles. The molecule has 0 aliphatic heterocycles. The molecule has 0 spiro atoms. The fourth-order valence-corrected chi connectivity index (χ4v) is 2.59. The second kappa shape index (κ2) is 5.42. The number of halogens is 1. The zero-order valence-electron chi connectivity index (χ0n) is 8.24. The van der Waals surface area contributed by atoms with E-state index in [0.717, 1.165) is 9.37 Å². The van der Waals surface area contributed by atoms with Crippen molar-refractivity contribution in [1.29, 1.82) is 0 Å². The third kappa shape index (κ3) is 3.76. The van der Waals surface area contributed by atoms with Gasteiger partial charge in [0.05, 0.1) is 5.92 Å². The number of thioether (sulfide) groups is 1. The van der Waals surface area contributed by atoms with Gasteiger partial charge in [-0.1, -0.05) is 6.92 Å². The maximum atomic E-state index is 10.6. The molecule has 0 aliphatic carbocycles. The van der Waals surface area contributed by atoms with Gasteiger partial charge in [0.15, 0.2) is 0 Å². The second-order valence-corrected chi connectivity index (χ2v) is 5.16. The highest BCUT2D eigenvalue weighted by Gasteiger charge is 2.11. The summed E-state index contributed by atoms with van der Waals surface area (Å²) in [7, 11) is 0. The van der Waals surface area contributed by atoms with Gasteiger partial charge in [0, 0.05) is 20.8 Å². The molecule has 1 unspecified atom stereocenters. The van der Waals surface area contributed by atoms with Crippen LogP contribution in [0.15, 0.2) is 27.6 Å². The van der Waals surface area contributed by atoms with Crippen LogP contribution in [0.4, 0.5) is 5.69 Å². The van der Waals surface area contributed by atoms with Crippen molar-refractivity contribution in [1.82, 2.24) is 0 Å². The van der Waals surface area contributed by atoms with Crippen LogP contribution in [0.2, 0.25) is 0 Å². The first-order chi connectivity index (χ1) is 7.00. The molecule has 0 aromatic heterocycles. The maximum Gasteiger partial charge on any atom is 0.307 e. The normalized spacial score (nSPS) is 12.4. The van der Waals surface area contributed by atoms with Crippen molar-refractivity contribution in [3.63, 3.8) is 0 Å². The molecule has 0 aliphatic rings. The number of anilines is 1. The van der Waals surface area contributed by atoms with E-state index in [2.05, 4.69) is 15.9 Å². The summed E-state index contributed by atoms with van der Waals surface area (Å²) in [6.07, 6.45) is 0. The molecule has 0 saturated heterocycles. The Labute approximate surface area is 101 Å². The van der Waals surface area contributed by atoms with Crippen LogP contribution >= 0.6 is 27.7 Å². The fourth-order valence-electron chi connectivity index (χ4n) is 0.920. The van der Waals surface area contributed by atoms with Crippen LogP contribution in [0.3, 0.4) is 0 Å². The molecule has 0 bridgehead atoms. The number of carboxylic acids is 1. The molecule has 1 aromatic carbocycles. The molecule has 15 heavy (non-hydrogen) atoms. The van der Waals surface area contributed by atoms with Crippen molar-refractivity contribution in [2.75, 3.05) is 11.5 Å². The number of nitrogens with two attached hydrogens (primary N) is 1. The highest BCUT2D eigenvalue weighted by atomic mass is 79.9. The van der Waals surface area contributed by atoms with Gasteiger partial charge in [0.2, 0.25) is 0 Å². The van der Waals surface area contributed by atoms with Crippen molar-refractivity contribution >= 4 is 39.3 Å². The average molecular weight is 290 g/mol. The monoisotopic (exact) mass is 289 g/mol. The van der Waals surface area contributed by atoms with E-state index in [1.165, 1.54) is 11.8 Å². The smallest absolute Gasteiger partial charge is 0.307 e. The molecular formula is C10H12BrNO2S. The maximum absolute atomic E-state index is 10.6. The van der Waals surface area contributed by atoms with E-state index < -0.39 is 5.97 Å². The Morgan fingerprint density at radius 1 is 1.67 bits per heavy atom. The lowest BCUT2D eigenvalue weighted by atomic mass is 10.2. The quantitative estimate of drug-likeness (QED) is 0.661. The number of benzene rings is 1. The number of hydrogen-bond acceptors (Lipinski definition) is 3. The molecular weight excluding hydrogens is 278 g/mol. The van der Waals surface area contributed by atoms with Crippen LogP contribution in [0.5, 0.6) is 0 Å². The Bertz CT molecular complexity index is 370. The van der Waals surface area contributed by atoms with Gasteiger partial charge in [-0.2, -0.15) is 0 Å². The number of hydrogen-bond donors (Lipinski definition) is 2. The zero-order chi connectivity index (χ0) is 11.4. The summed E-state index contributed by atoms with van der Waals surface area (Å²) < 4.78 is 0.907. The second-order valence-electron chi connectivity index (χ2n) is 3.24. The minimum absolute atomic E-state index is 0.348. The molecule has 3 N–H and O–H groups in total. The van der Waals surface area contributed by atoms with Gasteiger partial charge in [-0.3, -0.25) is 4.79 Å². The third-order valence-electron chi connectivity index (χ3n) is 1.87. The fraction of sp³-hybridized carbons (Fsp3) is 0.300. The number of carbonyl (C=O) groups is 1. The van der Waals surface area contributed by atoms with E-state index in [-0.39, 0.29) is 5.92 Å². The largest absolute Gasteiger partial charge is 0.481 e. The number of aliphatic carboxylic acids is 1. The van der Waals surface area contributed by atoms with E-state index in [0.29, 0.717) is 11.4 Å². The predicted octanol–water partition coefficient (Wildman–Crippen LogP) is 2.84. The van der Waals surface area contributed by atoms with Crippen LogP contribution < -0.4 is 5.73 Å². The Morgan fingerprint density at radius 2 is 2.33 bits per heavy atom. The van der Waals surface area contributed by atoms with E-state index in [1.807, 2.05) is 12.1 Å². The first kappa shape index (κ1) is 12.4. The van der Waals surface area contributed by atoms with Crippen molar-refractivity contribution in [2.45, 2.75) is 11.8 Å². The lowest BCUT2D eigenvalue weighted by Crippen LogP contribution is -2.11. The summed E-state index contributed by atoms with van der Waals surface area (Å²) in [4.78, 5) is 11.6. The van der Waals surface area contributed by atoms with E-state index >= 15 is 0 Å². The SMILES string of the molecule is CC(CSc1ccc(N)cc1Br)C(=O)O. The highest BCUT2D eigenvalue weighted by molar-refractivity contribution is 9.10. The van der Waals surface area contributed by atoms with Crippen LogP contribution in [0, 0.1) is 5.92 Å². The molecule has 0 fully saturated rings. The van der Waals surface area contributed by atoms with Gasteiger partial charge in [0.25, 0.3) is 0 Å². The summed E-state index contributed by atoms with van der Waals surface area (Å²) in [6.45, 7) is 1.69. The van der Waals surface area contributed by atoms with Gasteiger partial charge in [-0.15, -0.1) is 11.8 Å². The van der Waals surface area contributed by atoms with Crippen LogP contribution in [0.25, 0.3) is 0 Å². The molecule has 1 atom stereocenters. The van der Waals surface area contributed by atoms with Gasteiger partial charge < -0.3 is 10.8 Å². The number of rotatable bonds is 4. The van der Waals surface area contributed by atoms with E-state index in [4.69, 9.17) is 10.8 Å².